The predicted octanol–water partition coefficient (Wildman–Crippen LogP) is 1.91. The van der Waals surface area contributed by atoms with Gasteiger partial charge in [0.25, 0.3) is 0 Å². The van der Waals surface area contributed by atoms with E-state index in [9.17, 15) is 19.4 Å². The van der Waals surface area contributed by atoms with Gasteiger partial charge in [0.05, 0.1) is 13.2 Å². The minimum absolute atomic E-state index is 0.0428. The first-order valence-corrected chi connectivity index (χ1v) is 9.07. The van der Waals surface area contributed by atoms with Crippen molar-refractivity contribution in [3.05, 3.63) is 29.8 Å². The minimum atomic E-state index is -4.55. The maximum atomic E-state index is 11.8. The zero-order valence-electron chi connectivity index (χ0n) is 14.2. The molecule has 24 heavy (non-hydrogen) atoms. The van der Waals surface area contributed by atoms with Gasteiger partial charge in [0.1, 0.15) is 0 Å². The molecule has 136 valence electrons. The Morgan fingerprint density at radius 3 is 2.38 bits per heavy atom. The lowest BCUT2D eigenvalue weighted by molar-refractivity contribution is -0.142. The molecule has 0 fully saturated rings. The number of benzene rings is 1. The van der Waals surface area contributed by atoms with Gasteiger partial charge in [-0.05, 0) is 30.0 Å². The van der Waals surface area contributed by atoms with E-state index in [1.165, 1.54) is 0 Å². The first-order chi connectivity index (χ1) is 11.1. The predicted molar refractivity (Wildman–Crippen MR) is 87.3 cm³/mol. The fraction of sp³-hybridized carbons (Fsp3) is 0.533. The maximum absolute atomic E-state index is 11.8. The van der Waals surface area contributed by atoms with Crippen molar-refractivity contribution in [1.82, 2.24) is 5.32 Å². The average Bonchev–Trinajstić information content (AvgIpc) is 2.50. The second kappa shape index (κ2) is 8.60. The Kier molecular flexibility index (Phi) is 7.38. The zero-order valence-corrected chi connectivity index (χ0v) is 15.1. The number of ether oxygens (including phenoxy) is 1. The molecule has 0 aliphatic carbocycles. The van der Waals surface area contributed by atoms with E-state index < -0.39 is 26.1 Å². The van der Waals surface area contributed by atoms with Crippen molar-refractivity contribution in [3.63, 3.8) is 0 Å². The largest absolute Gasteiger partial charge is 0.465 e. The van der Waals surface area contributed by atoms with E-state index in [-0.39, 0.29) is 17.8 Å². The highest BCUT2D eigenvalue weighted by molar-refractivity contribution is 7.53. The zero-order chi connectivity index (χ0) is 18.4. The van der Waals surface area contributed by atoms with Gasteiger partial charge in [-0.3, -0.25) is 14.7 Å². The van der Waals surface area contributed by atoms with Crippen molar-refractivity contribution in [1.29, 1.82) is 0 Å². The van der Waals surface area contributed by atoms with Crippen LogP contribution in [0.5, 0.6) is 5.75 Å². The van der Waals surface area contributed by atoms with Crippen LogP contribution in [-0.2, 0) is 24.2 Å². The molecule has 1 aromatic rings. The number of hydrogen-bond acceptors (Lipinski definition) is 7. The van der Waals surface area contributed by atoms with Crippen LogP contribution in [-0.4, -0.2) is 35.1 Å². The van der Waals surface area contributed by atoms with Crippen molar-refractivity contribution in [2.24, 2.45) is 0 Å². The molecule has 3 N–H and O–H groups in total. The van der Waals surface area contributed by atoms with Gasteiger partial charge in [0, 0.05) is 0 Å². The highest BCUT2D eigenvalue weighted by atomic mass is 31.2. The lowest BCUT2D eigenvalue weighted by Crippen LogP contribution is -2.34. The van der Waals surface area contributed by atoms with Crippen LogP contribution < -0.4 is 10.2 Å². The lowest BCUT2D eigenvalue weighted by Gasteiger charge is -2.20. The molecule has 0 saturated heterocycles. The van der Waals surface area contributed by atoms with Gasteiger partial charge >= 0.3 is 13.6 Å². The molecule has 0 aliphatic heterocycles. The molecule has 0 amide bonds. The summed E-state index contributed by atoms with van der Waals surface area (Å²) in [5.41, 5.74) is 1.01. The Morgan fingerprint density at radius 2 is 1.88 bits per heavy atom. The molecule has 0 radical (unpaired) electrons. The Hall–Kier alpha value is -1.44. The molecular formula is C15H24NO7P. The quantitative estimate of drug-likeness (QED) is 0.211. The summed E-state index contributed by atoms with van der Waals surface area (Å²) in [6.07, 6.45) is 0. The van der Waals surface area contributed by atoms with E-state index in [4.69, 9.17) is 4.89 Å². The summed E-state index contributed by atoms with van der Waals surface area (Å²) in [5.74, 6) is -2.46. The van der Waals surface area contributed by atoms with Gasteiger partial charge in [0.15, 0.2) is 5.75 Å². The molecule has 1 aromatic carbocycles. The molecule has 1 rings (SSSR count). The van der Waals surface area contributed by atoms with E-state index >= 15 is 0 Å². The van der Waals surface area contributed by atoms with Gasteiger partial charge in [-0.2, -0.15) is 0 Å². The van der Waals surface area contributed by atoms with Crippen molar-refractivity contribution in [3.8, 4) is 5.75 Å². The maximum Gasteiger partial charge on any atom is 0.408 e. The van der Waals surface area contributed by atoms with Crippen molar-refractivity contribution >= 4 is 13.6 Å². The van der Waals surface area contributed by atoms with Crippen LogP contribution >= 0.6 is 7.60 Å². The molecule has 9 heteroatoms. The summed E-state index contributed by atoms with van der Waals surface area (Å²) < 4.78 is 20.9. The molecule has 0 spiro atoms. The normalized spacial score (nSPS) is 15.4. The lowest BCUT2D eigenvalue weighted by atomic mass is 9.87. The first-order valence-electron chi connectivity index (χ1n) is 7.42. The fourth-order valence-electron chi connectivity index (χ4n) is 1.65. The molecule has 0 saturated carbocycles. The summed E-state index contributed by atoms with van der Waals surface area (Å²) in [6, 6.07) is 6.77. The van der Waals surface area contributed by atoms with E-state index in [2.05, 4.69) is 14.7 Å². The fourth-order valence-corrected chi connectivity index (χ4v) is 2.25. The van der Waals surface area contributed by atoms with Crippen molar-refractivity contribution < 1.29 is 33.7 Å². The summed E-state index contributed by atoms with van der Waals surface area (Å²) in [4.78, 5) is 25.5. The Bertz CT molecular complexity index is 582. The summed E-state index contributed by atoms with van der Waals surface area (Å²) in [5, 5.41) is 11.7. The monoisotopic (exact) mass is 361 g/mol. The van der Waals surface area contributed by atoms with Crippen LogP contribution in [0.25, 0.3) is 0 Å². The second-order valence-corrected chi connectivity index (χ2v) is 7.82. The molecular weight excluding hydrogens is 337 g/mol. The van der Waals surface area contributed by atoms with Gasteiger partial charge in [0.2, 0.25) is 5.97 Å². The van der Waals surface area contributed by atoms with Gasteiger partial charge in [-0.15, -0.1) is 0 Å². The average molecular weight is 361 g/mol. The third kappa shape index (κ3) is 6.59. The highest BCUT2D eigenvalue weighted by Crippen LogP contribution is 2.45. The summed E-state index contributed by atoms with van der Waals surface area (Å²) in [7, 11) is -4.55. The topological polar surface area (TPSA) is 114 Å². The number of carbonyl (C=O) groups is 1. The van der Waals surface area contributed by atoms with E-state index in [1.807, 2.05) is 20.8 Å². The van der Waals surface area contributed by atoms with E-state index in [0.717, 1.165) is 5.56 Å². The van der Waals surface area contributed by atoms with Crippen molar-refractivity contribution in [2.75, 3.05) is 13.2 Å². The summed E-state index contributed by atoms with van der Waals surface area (Å²) in [6.45, 7) is 7.49. The standard InChI is InChI=1S/C15H24NO7P/c1-5-21-13(17)10-16-14(18)24(19,20)23-22-12-8-6-11(7-9-12)15(2,3)4/h6-9,14,16,18H,5,10H2,1-4H3,(H,19,20). The van der Waals surface area contributed by atoms with E-state index in [0.29, 0.717) is 0 Å². The minimum Gasteiger partial charge on any atom is -0.465 e. The molecule has 2 atom stereocenters. The molecule has 0 heterocycles. The van der Waals surface area contributed by atoms with Crippen LogP contribution in [0.2, 0.25) is 0 Å². The second-order valence-electron chi connectivity index (χ2n) is 6.06. The third-order valence-corrected chi connectivity index (χ3v) is 4.09. The molecule has 0 bridgehead atoms. The van der Waals surface area contributed by atoms with Crippen LogP contribution in [0, 0.1) is 0 Å². The summed E-state index contributed by atoms with van der Waals surface area (Å²) >= 11 is 0. The van der Waals surface area contributed by atoms with Crippen LogP contribution in [0.15, 0.2) is 24.3 Å². The van der Waals surface area contributed by atoms with Gasteiger partial charge in [-0.25, -0.2) is 0 Å². The van der Waals surface area contributed by atoms with Gasteiger partial charge in [-0.1, -0.05) is 37.6 Å². The van der Waals surface area contributed by atoms with Gasteiger partial charge < -0.3 is 19.6 Å². The van der Waals surface area contributed by atoms with Crippen LogP contribution in [0.3, 0.4) is 0 Å². The van der Waals surface area contributed by atoms with Crippen molar-refractivity contribution in [2.45, 2.75) is 39.1 Å². The first kappa shape index (κ1) is 20.6. The highest BCUT2D eigenvalue weighted by Gasteiger charge is 2.33. The Labute approximate surface area is 141 Å². The number of esters is 1. The van der Waals surface area contributed by atoms with Crippen LogP contribution in [0.1, 0.15) is 33.3 Å². The SMILES string of the molecule is CCOC(=O)CNC(O)P(=O)(O)OOc1ccc(C(C)(C)C)cc1. The molecule has 8 nitrogen and oxygen atoms in total. The molecule has 0 aliphatic rings. The number of aliphatic hydroxyl groups is 1. The number of rotatable bonds is 8. The Morgan fingerprint density at radius 1 is 1.29 bits per heavy atom. The van der Waals surface area contributed by atoms with E-state index in [1.54, 1.807) is 31.2 Å². The Balaban J connectivity index is 2.55. The molecule has 2 unspecified atom stereocenters. The smallest absolute Gasteiger partial charge is 0.408 e. The number of aliphatic hydroxyl groups excluding tert-OH is 1. The molecule has 0 aromatic heterocycles. The van der Waals surface area contributed by atoms with Crippen LogP contribution in [0.4, 0.5) is 0 Å². The number of nitrogens with one attached hydrogen (secondary N) is 1. The number of hydrogen-bond donors (Lipinski definition) is 3. The number of carbonyl (C=O) groups excluding carboxylic acids is 1. The third-order valence-electron chi connectivity index (χ3n) is 3.00.